The molecule has 3 nitrogen and oxygen atoms in total. The van der Waals surface area contributed by atoms with Crippen molar-refractivity contribution in [3.8, 4) is 0 Å². The van der Waals surface area contributed by atoms with E-state index < -0.39 is 5.41 Å². The van der Waals surface area contributed by atoms with Gasteiger partial charge in [-0.2, -0.15) is 0 Å². The summed E-state index contributed by atoms with van der Waals surface area (Å²) in [4.78, 5) is 11.5. The average molecular weight is 233 g/mol. The van der Waals surface area contributed by atoms with Gasteiger partial charge in [0, 0.05) is 0 Å². The van der Waals surface area contributed by atoms with Crippen LogP contribution in [0.1, 0.15) is 37.3 Å². The molecule has 17 heavy (non-hydrogen) atoms. The Labute approximate surface area is 102 Å². The number of amides is 1. The Morgan fingerprint density at radius 2 is 2.00 bits per heavy atom. The van der Waals surface area contributed by atoms with E-state index in [2.05, 4.69) is 26.0 Å². The summed E-state index contributed by atoms with van der Waals surface area (Å²) in [5, 5.41) is 0. The molecule has 2 N–H and O–H groups in total. The van der Waals surface area contributed by atoms with Crippen LogP contribution >= 0.6 is 0 Å². The highest BCUT2D eigenvalue weighted by Gasteiger charge is 2.46. The summed E-state index contributed by atoms with van der Waals surface area (Å²) in [6, 6.07) is 8.20. The molecule has 1 aromatic carbocycles. The number of hydrogen-bond donors (Lipinski definition) is 1. The molecule has 1 heterocycles. The highest BCUT2D eigenvalue weighted by Crippen LogP contribution is 2.33. The lowest BCUT2D eigenvalue weighted by Gasteiger charge is -2.39. The fraction of sp³-hybridized carbons (Fsp3) is 0.500. The molecule has 1 amide bonds. The van der Waals surface area contributed by atoms with Crippen molar-refractivity contribution in [2.45, 2.75) is 31.6 Å². The smallest absolute Gasteiger partial charge is 0.232 e. The first kappa shape index (κ1) is 12.1. The molecule has 1 aliphatic rings. The van der Waals surface area contributed by atoms with Gasteiger partial charge in [-0.15, -0.1) is 0 Å². The van der Waals surface area contributed by atoms with Gasteiger partial charge in [-0.25, -0.2) is 0 Å². The van der Waals surface area contributed by atoms with Gasteiger partial charge in [0.1, 0.15) is 5.41 Å². The van der Waals surface area contributed by atoms with Gasteiger partial charge in [0.2, 0.25) is 5.91 Å². The normalized spacial score (nSPS) is 19.4. The summed E-state index contributed by atoms with van der Waals surface area (Å²) in [6.07, 6.45) is 1.11. The molecular formula is C14H19NO2. The van der Waals surface area contributed by atoms with Gasteiger partial charge in [-0.3, -0.25) is 4.79 Å². The highest BCUT2D eigenvalue weighted by molar-refractivity contribution is 5.88. The minimum absolute atomic E-state index is 0.292. The Morgan fingerprint density at radius 3 is 2.35 bits per heavy atom. The predicted octanol–water partition coefficient (Wildman–Crippen LogP) is 1.95. The van der Waals surface area contributed by atoms with E-state index in [4.69, 9.17) is 10.5 Å². The number of carbonyl (C=O) groups excluding carboxylic acids is 1. The van der Waals surface area contributed by atoms with Gasteiger partial charge in [-0.1, -0.05) is 38.1 Å². The van der Waals surface area contributed by atoms with E-state index >= 15 is 0 Å². The molecule has 3 heteroatoms. The number of nitrogens with two attached hydrogens (primary N) is 1. The second kappa shape index (κ2) is 4.49. The zero-order chi connectivity index (χ0) is 12.5. The van der Waals surface area contributed by atoms with Crippen LogP contribution in [0.5, 0.6) is 0 Å². The van der Waals surface area contributed by atoms with Gasteiger partial charge in [0.25, 0.3) is 0 Å². The van der Waals surface area contributed by atoms with Crippen LogP contribution in [0.3, 0.4) is 0 Å². The molecule has 0 bridgehead atoms. The molecule has 0 radical (unpaired) electrons. The van der Waals surface area contributed by atoms with E-state index in [-0.39, 0.29) is 5.91 Å². The Morgan fingerprint density at radius 1 is 1.41 bits per heavy atom. The second-order valence-electron chi connectivity index (χ2n) is 4.87. The number of carbonyl (C=O) groups is 1. The molecule has 1 fully saturated rings. The molecule has 1 saturated heterocycles. The van der Waals surface area contributed by atoms with Crippen molar-refractivity contribution in [3.63, 3.8) is 0 Å². The van der Waals surface area contributed by atoms with Gasteiger partial charge in [0.15, 0.2) is 0 Å². The molecule has 0 spiro atoms. The van der Waals surface area contributed by atoms with Crippen molar-refractivity contribution in [2.24, 2.45) is 5.73 Å². The van der Waals surface area contributed by atoms with Gasteiger partial charge >= 0.3 is 0 Å². The third-order valence-corrected chi connectivity index (χ3v) is 3.81. The van der Waals surface area contributed by atoms with Gasteiger partial charge in [0.05, 0.1) is 13.2 Å². The van der Waals surface area contributed by atoms with Crippen LogP contribution < -0.4 is 5.73 Å². The minimum atomic E-state index is -0.589. The molecule has 0 aromatic heterocycles. The van der Waals surface area contributed by atoms with Crippen LogP contribution in [-0.4, -0.2) is 19.1 Å². The van der Waals surface area contributed by atoms with Crippen molar-refractivity contribution in [3.05, 3.63) is 35.4 Å². The summed E-state index contributed by atoms with van der Waals surface area (Å²) < 4.78 is 5.15. The maximum Gasteiger partial charge on any atom is 0.232 e. The molecule has 0 saturated carbocycles. The number of primary amides is 1. The molecule has 2 rings (SSSR count). The monoisotopic (exact) mass is 233 g/mol. The quantitative estimate of drug-likeness (QED) is 0.864. The maximum atomic E-state index is 11.5. The lowest BCUT2D eigenvalue weighted by molar-refractivity contribution is -0.141. The molecule has 92 valence electrons. The van der Waals surface area contributed by atoms with E-state index in [0.29, 0.717) is 19.1 Å². The van der Waals surface area contributed by atoms with Crippen molar-refractivity contribution < 1.29 is 9.53 Å². The molecule has 1 aromatic rings. The first-order chi connectivity index (χ1) is 8.10. The largest absolute Gasteiger partial charge is 0.378 e. The van der Waals surface area contributed by atoms with Crippen LogP contribution in [0.4, 0.5) is 0 Å². The highest BCUT2D eigenvalue weighted by atomic mass is 16.5. The first-order valence-corrected chi connectivity index (χ1v) is 6.08. The lowest BCUT2D eigenvalue weighted by Crippen LogP contribution is -2.56. The van der Waals surface area contributed by atoms with Crippen molar-refractivity contribution >= 4 is 5.91 Å². The number of ether oxygens (including phenoxy) is 1. The minimum Gasteiger partial charge on any atom is -0.378 e. The fourth-order valence-corrected chi connectivity index (χ4v) is 2.12. The SMILES string of the molecule is CCC(C)c1ccc(C2(C(N)=O)COC2)cc1. The van der Waals surface area contributed by atoms with Crippen molar-refractivity contribution in [2.75, 3.05) is 13.2 Å². The number of benzene rings is 1. The Kier molecular flexibility index (Phi) is 3.20. The van der Waals surface area contributed by atoms with Gasteiger partial charge < -0.3 is 10.5 Å². The summed E-state index contributed by atoms with van der Waals surface area (Å²) in [5.41, 5.74) is 7.16. The summed E-state index contributed by atoms with van der Waals surface area (Å²) >= 11 is 0. The standard InChI is InChI=1S/C14H19NO2/c1-3-10(2)11-4-6-12(7-5-11)14(13(15)16)8-17-9-14/h4-7,10H,3,8-9H2,1-2H3,(H2,15,16). The topological polar surface area (TPSA) is 52.3 Å². The van der Waals surface area contributed by atoms with Gasteiger partial charge in [-0.05, 0) is 23.5 Å². The van der Waals surface area contributed by atoms with Crippen LogP contribution in [0.2, 0.25) is 0 Å². The third kappa shape index (κ3) is 1.95. The van der Waals surface area contributed by atoms with Crippen LogP contribution in [0.15, 0.2) is 24.3 Å². The lowest BCUT2D eigenvalue weighted by atomic mass is 9.77. The first-order valence-electron chi connectivity index (χ1n) is 6.08. The van der Waals surface area contributed by atoms with Crippen LogP contribution in [0, 0.1) is 0 Å². The molecular weight excluding hydrogens is 214 g/mol. The number of hydrogen-bond acceptors (Lipinski definition) is 2. The summed E-state index contributed by atoms with van der Waals surface area (Å²) in [5.74, 6) is 0.256. The Hall–Kier alpha value is -1.35. The molecule has 1 unspecified atom stereocenters. The third-order valence-electron chi connectivity index (χ3n) is 3.81. The second-order valence-corrected chi connectivity index (χ2v) is 4.87. The summed E-state index contributed by atoms with van der Waals surface area (Å²) in [6.45, 7) is 5.19. The molecule has 1 atom stereocenters. The average Bonchev–Trinajstić information content (AvgIpc) is 2.27. The van der Waals surface area contributed by atoms with Crippen LogP contribution in [0.25, 0.3) is 0 Å². The zero-order valence-electron chi connectivity index (χ0n) is 10.4. The van der Waals surface area contributed by atoms with E-state index in [9.17, 15) is 4.79 Å². The molecule has 0 aliphatic carbocycles. The zero-order valence-corrected chi connectivity index (χ0v) is 10.4. The van der Waals surface area contributed by atoms with E-state index in [1.165, 1.54) is 5.56 Å². The van der Waals surface area contributed by atoms with E-state index in [1.807, 2.05) is 12.1 Å². The van der Waals surface area contributed by atoms with Crippen LogP contribution in [-0.2, 0) is 14.9 Å². The fourth-order valence-electron chi connectivity index (χ4n) is 2.12. The van der Waals surface area contributed by atoms with Crippen molar-refractivity contribution in [1.29, 1.82) is 0 Å². The summed E-state index contributed by atoms with van der Waals surface area (Å²) in [7, 11) is 0. The number of rotatable bonds is 4. The maximum absolute atomic E-state index is 11.5. The van der Waals surface area contributed by atoms with E-state index in [1.54, 1.807) is 0 Å². The van der Waals surface area contributed by atoms with Crippen molar-refractivity contribution in [1.82, 2.24) is 0 Å². The Balaban J connectivity index is 2.26. The molecule has 1 aliphatic heterocycles. The predicted molar refractivity (Wildman–Crippen MR) is 66.8 cm³/mol. The van der Waals surface area contributed by atoms with E-state index in [0.717, 1.165) is 12.0 Å². The Bertz CT molecular complexity index is 407.